The molecule has 2 aromatic rings. The highest BCUT2D eigenvalue weighted by atomic mass is 79.9. The highest BCUT2D eigenvalue weighted by molar-refractivity contribution is 9.10. The number of amides is 1. The molecule has 3 heterocycles. The number of ether oxygens (including phenoxy) is 1. The molecule has 0 unspecified atom stereocenters. The summed E-state index contributed by atoms with van der Waals surface area (Å²) in [7, 11) is 0. The lowest BCUT2D eigenvalue weighted by molar-refractivity contribution is -0.00123. The lowest BCUT2D eigenvalue weighted by Crippen LogP contribution is -2.48. The van der Waals surface area contributed by atoms with Crippen LogP contribution < -0.4 is 0 Å². The van der Waals surface area contributed by atoms with Crippen LogP contribution in [0.4, 0.5) is 0 Å². The van der Waals surface area contributed by atoms with Crippen molar-refractivity contribution in [2.45, 2.75) is 32.6 Å². The molecule has 1 atom stereocenters. The summed E-state index contributed by atoms with van der Waals surface area (Å²) in [6, 6.07) is 10.0. The zero-order valence-electron chi connectivity index (χ0n) is 15.6. The molecule has 0 N–H and O–H groups in total. The van der Waals surface area contributed by atoms with E-state index in [9.17, 15) is 4.79 Å². The fraction of sp³-hybridized carbons (Fsp3) is 0.500. The van der Waals surface area contributed by atoms with Crippen molar-refractivity contribution in [1.29, 1.82) is 0 Å². The first-order valence-corrected chi connectivity index (χ1v) is 10.4. The highest BCUT2D eigenvalue weighted by Crippen LogP contribution is 2.27. The molecule has 6 nitrogen and oxygen atoms in total. The van der Waals surface area contributed by atoms with E-state index >= 15 is 0 Å². The van der Waals surface area contributed by atoms with Crippen molar-refractivity contribution >= 4 is 21.8 Å². The number of aromatic nitrogens is 2. The summed E-state index contributed by atoms with van der Waals surface area (Å²) >= 11 is 3.46. The molecule has 0 saturated carbocycles. The van der Waals surface area contributed by atoms with Crippen LogP contribution in [0.25, 0.3) is 0 Å². The van der Waals surface area contributed by atoms with Gasteiger partial charge in [-0.2, -0.15) is 5.10 Å². The molecule has 0 spiro atoms. The Hall–Kier alpha value is -1.70. The number of carbonyl (C=O) groups is 1. The average Bonchev–Trinajstić information content (AvgIpc) is 3.12. The Morgan fingerprint density at radius 1 is 1.22 bits per heavy atom. The fourth-order valence-corrected chi connectivity index (χ4v) is 4.03. The molecule has 0 aliphatic carbocycles. The number of carbonyl (C=O) groups excluding carboxylic acids is 1. The van der Waals surface area contributed by atoms with Crippen LogP contribution in [0.15, 0.2) is 34.8 Å². The largest absolute Gasteiger partial charge is 0.365 e. The van der Waals surface area contributed by atoms with E-state index in [2.05, 4.69) is 45.0 Å². The highest BCUT2D eigenvalue weighted by Gasteiger charge is 2.27. The number of hydrogen-bond donors (Lipinski definition) is 0. The summed E-state index contributed by atoms with van der Waals surface area (Å²) in [6.45, 7) is 7.86. The van der Waals surface area contributed by atoms with Gasteiger partial charge in [0.2, 0.25) is 0 Å². The molecule has 1 fully saturated rings. The molecule has 144 valence electrons. The smallest absolute Gasteiger partial charge is 0.274 e. The summed E-state index contributed by atoms with van der Waals surface area (Å²) in [5.41, 5.74) is 2.63. The van der Waals surface area contributed by atoms with Crippen LogP contribution in [-0.2, 0) is 17.9 Å². The monoisotopic (exact) mass is 432 g/mol. The first-order valence-electron chi connectivity index (χ1n) is 9.59. The first-order chi connectivity index (χ1) is 13.1. The van der Waals surface area contributed by atoms with Crippen LogP contribution in [-0.4, -0.2) is 58.2 Å². The predicted molar refractivity (Wildman–Crippen MR) is 107 cm³/mol. The zero-order valence-corrected chi connectivity index (χ0v) is 17.2. The zero-order chi connectivity index (χ0) is 18.8. The van der Waals surface area contributed by atoms with Crippen LogP contribution in [0.1, 0.15) is 41.2 Å². The minimum Gasteiger partial charge on any atom is -0.365 e. The molecule has 0 radical (unpaired) electrons. The Balaban J connectivity index is 1.42. The van der Waals surface area contributed by atoms with Gasteiger partial charge < -0.3 is 9.64 Å². The second-order valence-electron chi connectivity index (χ2n) is 7.19. The van der Waals surface area contributed by atoms with Crippen molar-refractivity contribution in [3.8, 4) is 0 Å². The van der Waals surface area contributed by atoms with Crippen molar-refractivity contribution in [2.75, 3.05) is 32.7 Å². The van der Waals surface area contributed by atoms with Gasteiger partial charge in [-0.1, -0.05) is 35.0 Å². The topological polar surface area (TPSA) is 50.6 Å². The SMILES string of the molecule is CCCN1CCN(C(=O)c2cc3n(n2)C[C@H](c2ccc(Br)cc2)OC3)CC1. The van der Waals surface area contributed by atoms with E-state index in [-0.39, 0.29) is 12.0 Å². The molecule has 4 rings (SSSR count). The fourth-order valence-electron chi connectivity index (χ4n) is 3.76. The molecular formula is C20H25BrN4O2. The van der Waals surface area contributed by atoms with E-state index in [1.54, 1.807) is 0 Å². The number of benzene rings is 1. The van der Waals surface area contributed by atoms with E-state index in [1.165, 1.54) is 0 Å². The molecule has 1 saturated heterocycles. The quantitative estimate of drug-likeness (QED) is 0.744. The van der Waals surface area contributed by atoms with Crippen LogP contribution in [0.5, 0.6) is 0 Å². The lowest BCUT2D eigenvalue weighted by Gasteiger charge is -2.34. The minimum absolute atomic E-state index is 0.0354. The maximum atomic E-state index is 12.9. The van der Waals surface area contributed by atoms with Gasteiger partial charge in [0.25, 0.3) is 5.91 Å². The number of rotatable bonds is 4. The van der Waals surface area contributed by atoms with E-state index in [1.807, 2.05) is 27.8 Å². The van der Waals surface area contributed by atoms with Crippen molar-refractivity contribution < 1.29 is 9.53 Å². The third-order valence-electron chi connectivity index (χ3n) is 5.29. The normalized spacial score (nSPS) is 20.5. The van der Waals surface area contributed by atoms with Gasteiger partial charge in [0.15, 0.2) is 5.69 Å². The molecule has 1 aromatic heterocycles. The number of nitrogens with zero attached hydrogens (tertiary/aromatic N) is 4. The van der Waals surface area contributed by atoms with Gasteiger partial charge in [0.05, 0.1) is 18.8 Å². The summed E-state index contributed by atoms with van der Waals surface area (Å²) in [4.78, 5) is 17.2. The molecule has 7 heteroatoms. The maximum absolute atomic E-state index is 12.9. The number of hydrogen-bond acceptors (Lipinski definition) is 4. The number of fused-ring (bicyclic) bond motifs is 1. The molecule has 0 bridgehead atoms. The summed E-state index contributed by atoms with van der Waals surface area (Å²) < 4.78 is 8.98. The maximum Gasteiger partial charge on any atom is 0.274 e. The van der Waals surface area contributed by atoms with Gasteiger partial charge in [-0.25, -0.2) is 0 Å². The second kappa shape index (κ2) is 8.12. The van der Waals surface area contributed by atoms with Crippen molar-refractivity contribution in [3.05, 3.63) is 51.8 Å². The summed E-state index contributed by atoms with van der Waals surface area (Å²) in [5, 5.41) is 4.60. The third-order valence-corrected chi connectivity index (χ3v) is 5.82. The van der Waals surface area contributed by atoms with Gasteiger partial charge in [-0.3, -0.25) is 14.4 Å². The molecule has 1 aromatic carbocycles. The van der Waals surface area contributed by atoms with Gasteiger partial charge >= 0.3 is 0 Å². The Morgan fingerprint density at radius 2 is 1.96 bits per heavy atom. The first kappa shape index (κ1) is 18.7. The van der Waals surface area contributed by atoms with E-state index in [0.29, 0.717) is 18.8 Å². The van der Waals surface area contributed by atoms with E-state index in [4.69, 9.17) is 4.74 Å². The van der Waals surface area contributed by atoms with E-state index in [0.717, 1.165) is 54.9 Å². The van der Waals surface area contributed by atoms with E-state index < -0.39 is 0 Å². The standard InChI is InChI=1S/C20H25BrN4O2/c1-2-7-23-8-10-24(11-9-23)20(26)18-12-17-14-27-19(13-25(17)22-18)15-3-5-16(21)6-4-15/h3-6,12,19H,2,7-11,13-14H2,1H3/t19-/m1/s1. The Kier molecular flexibility index (Phi) is 5.61. The van der Waals surface area contributed by atoms with Crippen molar-refractivity contribution in [2.24, 2.45) is 0 Å². The predicted octanol–water partition coefficient (Wildman–Crippen LogP) is 3.08. The molecule has 1 amide bonds. The second-order valence-corrected chi connectivity index (χ2v) is 8.10. The number of halogens is 1. The van der Waals surface area contributed by atoms with Gasteiger partial charge in [-0.05, 0) is 36.7 Å². The molecule has 2 aliphatic rings. The molecular weight excluding hydrogens is 408 g/mol. The van der Waals surface area contributed by atoms with Gasteiger partial charge in [0, 0.05) is 30.7 Å². The Labute approximate surface area is 168 Å². The van der Waals surface area contributed by atoms with Crippen molar-refractivity contribution in [1.82, 2.24) is 19.6 Å². The van der Waals surface area contributed by atoms with Crippen LogP contribution in [0.3, 0.4) is 0 Å². The average molecular weight is 433 g/mol. The van der Waals surface area contributed by atoms with Crippen LogP contribution >= 0.6 is 15.9 Å². The number of piperazine rings is 1. The molecule has 27 heavy (non-hydrogen) atoms. The Morgan fingerprint density at radius 3 is 2.67 bits per heavy atom. The summed E-state index contributed by atoms with van der Waals surface area (Å²) in [6.07, 6.45) is 1.12. The summed E-state index contributed by atoms with van der Waals surface area (Å²) in [5.74, 6) is 0.0354. The van der Waals surface area contributed by atoms with Crippen LogP contribution in [0.2, 0.25) is 0 Å². The van der Waals surface area contributed by atoms with Gasteiger partial charge in [-0.15, -0.1) is 0 Å². The third kappa shape index (κ3) is 4.10. The Bertz CT molecular complexity index is 797. The van der Waals surface area contributed by atoms with Gasteiger partial charge in [0.1, 0.15) is 6.10 Å². The van der Waals surface area contributed by atoms with Crippen LogP contribution in [0, 0.1) is 0 Å². The lowest BCUT2D eigenvalue weighted by atomic mass is 10.1. The van der Waals surface area contributed by atoms with Crippen molar-refractivity contribution in [3.63, 3.8) is 0 Å². The minimum atomic E-state index is -0.0361. The molecule has 2 aliphatic heterocycles.